The number of Topliss-reactive ketones (excluding diaryl/α,β-unsaturated/α-hetero) is 1. The molecule has 0 spiro atoms. The Morgan fingerprint density at radius 3 is 2.43 bits per heavy atom. The van der Waals surface area contributed by atoms with Crippen molar-refractivity contribution < 1.29 is 67.5 Å². The van der Waals surface area contributed by atoms with Gasteiger partial charge in [0.2, 0.25) is 0 Å². The number of carboxylic acids is 1. The molecule has 250 valence electrons. The van der Waals surface area contributed by atoms with Gasteiger partial charge in [-0.2, -0.15) is 0 Å². The van der Waals surface area contributed by atoms with Crippen molar-refractivity contribution in [2.45, 2.75) is 88.5 Å². The molecule has 12 unspecified atom stereocenters. The number of carboxylic acid groups (broad SMARTS) is 1. The highest BCUT2D eigenvalue weighted by Crippen LogP contribution is 2.67. The molecule has 1 aromatic heterocycles. The fourth-order valence-electron chi connectivity index (χ4n) is 8.50. The number of aliphatic carboxylic acids is 1. The number of fused-ring (bicyclic) bond motifs is 2. The van der Waals surface area contributed by atoms with Crippen molar-refractivity contribution in [1.29, 1.82) is 0 Å². The second-order valence-corrected chi connectivity index (χ2v) is 13.2. The third kappa shape index (κ3) is 4.97. The van der Waals surface area contributed by atoms with Crippen LogP contribution in [0.25, 0.3) is 0 Å². The van der Waals surface area contributed by atoms with Crippen LogP contribution in [0.2, 0.25) is 0 Å². The highest BCUT2D eigenvalue weighted by Gasteiger charge is 2.75. The van der Waals surface area contributed by atoms with E-state index in [0.29, 0.717) is 5.56 Å². The van der Waals surface area contributed by atoms with Crippen molar-refractivity contribution in [2.24, 2.45) is 29.1 Å². The number of cyclic esters (lactones) is 1. The van der Waals surface area contributed by atoms with Gasteiger partial charge in [-0.05, 0) is 31.1 Å². The first-order valence-electron chi connectivity index (χ1n) is 15.0. The fraction of sp³-hybridized carbons (Fsp3) is 0.625. The molecule has 4 aliphatic rings. The van der Waals surface area contributed by atoms with Crippen LogP contribution >= 0.6 is 0 Å². The lowest BCUT2D eigenvalue weighted by atomic mass is 9.48. The molecular weight excluding hydrogens is 608 g/mol. The Morgan fingerprint density at radius 2 is 1.85 bits per heavy atom. The van der Waals surface area contributed by atoms with Crippen molar-refractivity contribution >= 4 is 35.9 Å². The average molecular weight is 647 g/mol. The van der Waals surface area contributed by atoms with E-state index < -0.39 is 107 Å². The van der Waals surface area contributed by atoms with Crippen molar-refractivity contribution in [1.82, 2.24) is 0 Å². The Bertz CT molecular complexity index is 1450. The van der Waals surface area contributed by atoms with E-state index in [2.05, 4.69) is 6.58 Å². The SMILES string of the molecule is C=C1C(C2C(OC(C)=O)CC(=O)OC3(C)COC(=O)CC23)C(C(=O)O)C(OC(C)C(O)C=O)C2(C)C(c3ccoc3)CC(=O)C12O. The quantitative estimate of drug-likeness (QED) is 0.156. The van der Waals surface area contributed by atoms with E-state index >= 15 is 0 Å². The van der Waals surface area contributed by atoms with E-state index in [1.807, 2.05) is 0 Å². The maximum Gasteiger partial charge on any atom is 0.310 e. The lowest BCUT2D eigenvalue weighted by Crippen LogP contribution is -2.69. The van der Waals surface area contributed by atoms with Crippen molar-refractivity contribution in [3.63, 3.8) is 0 Å². The summed E-state index contributed by atoms with van der Waals surface area (Å²) in [5.74, 6) is -10.8. The number of aliphatic hydroxyl groups is 2. The zero-order valence-corrected chi connectivity index (χ0v) is 25.9. The summed E-state index contributed by atoms with van der Waals surface area (Å²) in [4.78, 5) is 77.4. The van der Waals surface area contributed by atoms with Crippen LogP contribution in [0.4, 0.5) is 0 Å². The minimum atomic E-state index is -2.47. The molecule has 14 heteroatoms. The van der Waals surface area contributed by atoms with E-state index in [4.69, 9.17) is 23.4 Å². The molecule has 0 amide bonds. The summed E-state index contributed by atoms with van der Waals surface area (Å²) in [6.45, 7) is 9.20. The minimum absolute atomic E-state index is 0.214. The molecule has 2 aliphatic carbocycles. The molecule has 46 heavy (non-hydrogen) atoms. The van der Waals surface area contributed by atoms with Gasteiger partial charge in [-0.25, -0.2) is 0 Å². The van der Waals surface area contributed by atoms with E-state index in [0.717, 1.165) is 6.92 Å². The Hall–Kier alpha value is -3.88. The van der Waals surface area contributed by atoms with Gasteiger partial charge in [0.15, 0.2) is 17.7 Å². The fourth-order valence-corrected chi connectivity index (χ4v) is 8.50. The van der Waals surface area contributed by atoms with E-state index in [1.54, 1.807) is 6.07 Å². The number of carbonyl (C=O) groups excluding carboxylic acids is 5. The van der Waals surface area contributed by atoms with Crippen molar-refractivity contribution in [3.05, 3.63) is 36.3 Å². The molecule has 0 bridgehead atoms. The predicted octanol–water partition coefficient (Wildman–Crippen LogP) is 1.11. The molecular formula is C32H38O14. The topological polar surface area (TPSA) is 213 Å². The lowest BCUT2D eigenvalue weighted by molar-refractivity contribution is -0.224. The summed E-state index contributed by atoms with van der Waals surface area (Å²) in [5, 5.41) is 34.1. The molecule has 1 aromatic rings. The maximum atomic E-state index is 14.1. The number of hydrogen-bond donors (Lipinski definition) is 3. The van der Waals surface area contributed by atoms with Gasteiger partial charge < -0.3 is 43.5 Å². The van der Waals surface area contributed by atoms with Crippen LogP contribution in [0.1, 0.15) is 58.4 Å². The molecule has 3 heterocycles. The van der Waals surface area contributed by atoms with Crippen LogP contribution in [0, 0.1) is 29.1 Å². The van der Waals surface area contributed by atoms with E-state index in [1.165, 1.54) is 33.3 Å². The number of aliphatic hydroxyl groups excluding tert-OH is 1. The molecule has 2 saturated heterocycles. The first-order valence-corrected chi connectivity index (χ1v) is 15.0. The highest BCUT2D eigenvalue weighted by atomic mass is 16.6. The van der Waals surface area contributed by atoms with E-state index in [-0.39, 0.29) is 31.3 Å². The molecule has 5 rings (SSSR count). The van der Waals surface area contributed by atoms with Crippen LogP contribution in [0.3, 0.4) is 0 Å². The largest absolute Gasteiger partial charge is 0.481 e. The third-order valence-electron chi connectivity index (χ3n) is 10.7. The number of hydrogen-bond acceptors (Lipinski definition) is 13. The van der Waals surface area contributed by atoms with Gasteiger partial charge in [-0.1, -0.05) is 13.5 Å². The smallest absolute Gasteiger partial charge is 0.310 e. The molecule has 14 nitrogen and oxygen atoms in total. The number of ether oxygens (including phenoxy) is 4. The summed E-state index contributed by atoms with van der Waals surface area (Å²) in [7, 11) is 0. The molecule has 0 radical (unpaired) electrons. The minimum Gasteiger partial charge on any atom is -0.481 e. The molecule has 0 aromatic carbocycles. The van der Waals surface area contributed by atoms with E-state index in [9.17, 15) is 44.1 Å². The number of ketones is 1. The Labute approximate surface area is 264 Å². The maximum absolute atomic E-state index is 14.1. The van der Waals surface area contributed by atoms with Crippen molar-refractivity contribution in [2.75, 3.05) is 6.61 Å². The summed E-state index contributed by atoms with van der Waals surface area (Å²) in [5.41, 5.74) is -5.49. The number of furan rings is 1. The van der Waals surface area contributed by atoms with Gasteiger partial charge in [-0.15, -0.1) is 0 Å². The Kier molecular flexibility index (Phi) is 8.54. The second-order valence-electron chi connectivity index (χ2n) is 13.2. The van der Waals surface area contributed by atoms with Gasteiger partial charge in [0, 0.05) is 42.4 Å². The molecule has 2 aliphatic heterocycles. The van der Waals surface area contributed by atoms with Gasteiger partial charge in [0.25, 0.3) is 0 Å². The lowest BCUT2D eigenvalue weighted by Gasteiger charge is -2.59. The number of rotatable bonds is 8. The standard InChI is InChI=1S/C32H38O14/c1-14-25(26-19-9-23(37)43-13-30(19,4)46-24(38)10-21(26)45-16(3)34)27(29(39)40)28(44-15(2)20(35)11-33)31(5)18(17-6-7-42-12-17)8-22(36)32(14,31)41/h6-7,11-12,15,18-21,25-28,35,41H,1,8-10,13H2,2-5H3,(H,39,40). The number of carbonyl (C=O) groups is 6. The highest BCUT2D eigenvalue weighted by molar-refractivity contribution is 5.96. The third-order valence-corrected chi connectivity index (χ3v) is 10.7. The normalized spacial score (nSPS) is 40.4. The van der Waals surface area contributed by atoms with Gasteiger partial charge in [0.05, 0.1) is 43.5 Å². The summed E-state index contributed by atoms with van der Waals surface area (Å²) >= 11 is 0. The summed E-state index contributed by atoms with van der Waals surface area (Å²) in [6, 6.07) is 1.57. The van der Waals surface area contributed by atoms with Gasteiger partial charge in [0.1, 0.15) is 24.4 Å². The van der Waals surface area contributed by atoms with Crippen molar-refractivity contribution in [3.8, 4) is 0 Å². The monoisotopic (exact) mass is 646 g/mol. The Morgan fingerprint density at radius 1 is 1.15 bits per heavy atom. The van der Waals surface area contributed by atoms with Gasteiger partial charge >= 0.3 is 23.9 Å². The van der Waals surface area contributed by atoms with Gasteiger partial charge in [-0.3, -0.25) is 24.0 Å². The summed E-state index contributed by atoms with van der Waals surface area (Å²) in [6.07, 6.45) is -4.23. The molecule has 3 N–H and O–H groups in total. The van der Waals surface area contributed by atoms with Crippen LogP contribution in [0.15, 0.2) is 35.2 Å². The summed E-state index contributed by atoms with van der Waals surface area (Å²) < 4.78 is 28.1. The molecule has 4 fully saturated rings. The second kappa shape index (κ2) is 11.7. The van der Waals surface area contributed by atoms with Crippen LogP contribution < -0.4 is 0 Å². The zero-order chi connectivity index (χ0) is 33.9. The Balaban J connectivity index is 1.78. The first-order chi connectivity index (χ1) is 21.5. The van der Waals surface area contributed by atoms with Crippen LogP contribution in [0.5, 0.6) is 0 Å². The average Bonchev–Trinajstić information content (AvgIpc) is 3.55. The number of aldehydes is 1. The first kappa shape index (κ1) is 33.5. The molecule has 2 saturated carbocycles. The van der Waals surface area contributed by atoms with Crippen LogP contribution in [-0.4, -0.2) is 93.5 Å². The van der Waals surface area contributed by atoms with Crippen LogP contribution in [-0.2, 0) is 47.7 Å². The number of esters is 3. The predicted molar refractivity (Wildman–Crippen MR) is 152 cm³/mol. The zero-order valence-electron chi connectivity index (χ0n) is 25.9. The molecule has 12 atom stereocenters.